The summed E-state index contributed by atoms with van der Waals surface area (Å²) in [7, 11) is 1.37. The average molecular weight is 263 g/mol. The van der Waals surface area contributed by atoms with E-state index < -0.39 is 4.92 Å². The summed E-state index contributed by atoms with van der Waals surface area (Å²) in [6.07, 6.45) is 0. The molecule has 0 radical (unpaired) electrons. The van der Waals surface area contributed by atoms with E-state index in [9.17, 15) is 10.1 Å². The third-order valence-electron chi connectivity index (χ3n) is 2.56. The smallest absolute Gasteiger partial charge is 0.311 e. The van der Waals surface area contributed by atoms with Gasteiger partial charge in [-0.15, -0.1) is 10.2 Å². The molecule has 0 fully saturated rings. The van der Waals surface area contributed by atoms with E-state index >= 15 is 0 Å². The highest BCUT2D eigenvalue weighted by Gasteiger charge is 2.23. The number of nitrogens with zero attached hydrogens (tertiary/aromatic N) is 3. The number of nitro benzene ring substituents is 1. The number of hydrogen-bond donors (Lipinski definition) is 0. The van der Waals surface area contributed by atoms with Crippen molar-refractivity contribution in [2.75, 3.05) is 7.11 Å². The molecule has 0 saturated heterocycles. The van der Waals surface area contributed by atoms with Crippen molar-refractivity contribution in [3.63, 3.8) is 0 Å². The fourth-order valence-electron chi connectivity index (χ4n) is 1.63. The Balaban J connectivity index is 2.54. The molecule has 0 amide bonds. The van der Waals surface area contributed by atoms with E-state index in [1.807, 2.05) is 13.8 Å². The molecule has 7 nitrogen and oxygen atoms in total. The van der Waals surface area contributed by atoms with Crippen LogP contribution in [0.1, 0.15) is 25.7 Å². The minimum Gasteiger partial charge on any atom is -0.490 e. The Bertz CT molecular complexity index is 607. The van der Waals surface area contributed by atoms with Gasteiger partial charge in [-0.05, 0) is 6.07 Å². The molecule has 0 aliphatic heterocycles. The lowest BCUT2D eigenvalue weighted by Crippen LogP contribution is -1.95. The minimum absolute atomic E-state index is 0.0888. The molecule has 1 aromatic heterocycles. The zero-order valence-electron chi connectivity index (χ0n) is 10.8. The quantitative estimate of drug-likeness (QED) is 0.622. The van der Waals surface area contributed by atoms with Gasteiger partial charge in [0.15, 0.2) is 0 Å². The SMILES string of the molecule is COc1c(-c2nnc(C(C)C)o2)cccc1[N+](=O)[O-]. The van der Waals surface area contributed by atoms with Gasteiger partial charge in [-0.2, -0.15) is 0 Å². The maximum atomic E-state index is 10.9. The molecular formula is C12H13N3O4. The molecule has 0 N–H and O–H groups in total. The van der Waals surface area contributed by atoms with Gasteiger partial charge < -0.3 is 9.15 Å². The number of ether oxygens (including phenoxy) is 1. The first kappa shape index (κ1) is 13.0. The predicted octanol–water partition coefficient (Wildman–Crippen LogP) is 2.78. The van der Waals surface area contributed by atoms with Crippen LogP contribution >= 0.6 is 0 Å². The normalized spacial score (nSPS) is 10.7. The highest BCUT2D eigenvalue weighted by atomic mass is 16.6. The largest absolute Gasteiger partial charge is 0.490 e. The summed E-state index contributed by atoms with van der Waals surface area (Å²) in [5, 5.41) is 18.7. The Morgan fingerprint density at radius 3 is 2.63 bits per heavy atom. The zero-order valence-corrected chi connectivity index (χ0v) is 10.8. The van der Waals surface area contributed by atoms with Crippen molar-refractivity contribution >= 4 is 5.69 Å². The van der Waals surface area contributed by atoms with Crippen LogP contribution in [0.25, 0.3) is 11.5 Å². The second-order valence-corrected chi connectivity index (χ2v) is 4.22. The number of nitro groups is 1. The van der Waals surface area contributed by atoms with E-state index in [1.54, 1.807) is 12.1 Å². The minimum atomic E-state index is -0.512. The van der Waals surface area contributed by atoms with Crippen molar-refractivity contribution in [3.8, 4) is 17.2 Å². The lowest BCUT2D eigenvalue weighted by atomic mass is 10.1. The van der Waals surface area contributed by atoms with Crippen LogP contribution in [0.15, 0.2) is 22.6 Å². The van der Waals surface area contributed by atoms with Crippen LogP contribution in [-0.2, 0) is 0 Å². The number of benzene rings is 1. The maximum Gasteiger partial charge on any atom is 0.311 e. The summed E-state index contributed by atoms with van der Waals surface area (Å²) in [5.74, 6) is 0.894. The van der Waals surface area contributed by atoms with Crippen molar-refractivity contribution < 1.29 is 14.1 Å². The van der Waals surface area contributed by atoms with Crippen LogP contribution in [0.5, 0.6) is 5.75 Å². The highest BCUT2D eigenvalue weighted by Crippen LogP contribution is 2.37. The first-order valence-electron chi connectivity index (χ1n) is 5.69. The number of hydrogen-bond acceptors (Lipinski definition) is 6. The lowest BCUT2D eigenvalue weighted by Gasteiger charge is -2.05. The summed E-state index contributed by atoms with van der Waals surface area (Å²) in [6, 6.07) is 4.56. The molecule has 19 heavy (non-hydrogen) atoms. The highest BCUT2D eigenvalue weighted by molar-refractivity contribution is 5.69. The maximum absolute atomic E-state index is 10.9. The Hall–Kier alpha value is -2.44. The molecule has 0 saturated carbocycles. The molecule has 0 spiro atoms. The standard InChI is InChI=1S/C12H13N3O4/c1-7(2)11-13-14-12(19-11)8-5-4-6-9(15(16)17)10(8)18-3/h4-7H,1-3H3. The van der Waals surface area contributed by atoms with E-state index in [1.165, 1.54) is 13.2 Å². The van der Waals surface area contributed by atoms with E-state index in [4.69, 9.17) is 9.15 Å². The van der Waals surface area contributed by atoms with Crippen molar-refractivity contribution in [1.82, 2.24) is 10.2 Å². The number of para-hydroxylation sites is 1. The van der Waals surface area contributed by atoms with Gasteiger partial charge >= 0.3 is 5.69 Å². The van der Waals surface area contributed by atoms with Crippen molar-refractivity contribution in [2.24, 2.45) is 0 Å². The monoisotopic (exact) mass is 263 g/mol. The fourth-order valence-corrected chi connectivity index (χ4v) is 1.63. The number of rotatable bonds is 4. The number of aromatic nitrogens is 2. The van der Waals surface area contributed by atoms with Gasteiger partial charge in [0.25, 0.3) is 5.89 Å². The summed E-state index contributed by atoms with van der Waals surface area (Å²) >= 11 is 0. The fraction of sp³-hybridized carbons (Fsp3) is 0.333. The zero-order chi connectivity index (χ0) is 14.0. The van der Waals surface area contributed by atoms with Gasteiger partial charge in [0.2, 0.25) is 11.6 Å². The van der Waals surface area contributed by atoms with Crippen LogP contribution in [0.4, 0.5) is 5.69 Å². The molecule has 2 rings (SSSR count). The molecule has 1 heterocycles. The van der Waals surface area contributed by atoms with Crippen LogP contribution in [0, 0.1) is 10.1 Å². The van der Waals surface area contributed by atoms with Gasteiger partial charge in [0, 0.05) is 12.0 Å². The summed E-state index contributed by atoms with van der Waals surface area (Å²) < 4.78 is 10.6. The summed E-state index contributed by atoms with van der Waals surface area (Å²) in [5.41, 5.74) is 0.278. The van der Waals surface area contributed by atoms with Crippen LogP contribution < -0.4 is 4.74 Å². The topological polar surface area (TPSA) is 91.3 Å². The van der Waals surface area contributed by atoms with E-state index in [-0.39, 0.29) is 23.2 Å². The molecule has 2 aromatic rings. The molecule has 0 aliphatic carbocycles. The van der Waals surface area contributed by atoms with Gasteiger partial charge in [0.05, 0.1) is 17.6 Å². The van der Waals surface area contributed by atoms with Gasteiger partial charge in [-0.3, -0.25) is 10.1 Å². The summed E-state index contributed by atoms with van der Waals surface area (Å²) in [6.45, 7) is 3.84. The van der Waals surface area contributed by atoms with E-state index in [2.05, 4.69) is 10.2 Å². The summed E-state index contributed by atoms with van der Waals surface area (Å²) in [4.78, 5) is 10.4. The second-order valence-electron chi connectivity index (χ2n) is 4.22. The van der Waals surface area contributed by atoms with Crippen LogP contribution in [-0.4, -0.2) is 22.2 Å². The Kier molecular flexibility index (Phi) is 3.46. The van der Waals surface area contributed by atoms with Crippen molar-refractivity contribution in [3.05, 3.63) is 34.2 Å². The lowest BCUT2D eigenvalue weighted by molar-refractivity contribution is -0.385. The first-order chi connectivity index (χ1) is 9.04. The predicted molar refractivity (Wildman–Crippen MR) is 67.0 cm³/mol. The molecule has 0 aliphatic rings. The van der Waals surface area contributed by atoms with Gasteiger partial charge in [0.1, 0.15) is 0 Å². The van der Waals surface area contributed by atoms with Crippen LogP contribution in [0.2, 0.25) is 0 Å². The third-order valence-corrected chi connectivity index (χ3v) is 2.56. The average Bonchev–Trinajstić information content (AvgIpc) is 2.87. The second kappa shape index (κ2) is 5.05. The van der Waals surface area contributed by atoms with Gasteiger partial charge in [-0.25, -0.2) is 0 Å². The van der Waals surface area contributed by atoms with Gasteiger partial charge in [-0.1, -0.05) is 19.9 Å². The third kappa shape index (κ3) is 2.40. The molecule has 7 heteroatoms. The molecule has 0 atom stereocenters. The molecule has 1 aromatic carbocycles. The van der Waals surface area contributed by atoms with Crippen molar-refractivity contribution in [2.45, 2.75) is 19.8 Å². The Morgan fingerprint density at radius 1 is 1.37 bits per heavy atom. The number of methoxy groups -OCH3 is 1. The van der Waals surface area contributed by atoms with E-state index in [0.29, 0.717) is 11.5 Å². The Morgan fingerprint density at radius 2 is 2.11 bits per heavy atom. The molecule has 0 unspecified atom stereocenters. The Labute approximate surface area is 109 Å². The first-order valence-corrected chi connectivity index (χ1v) is 5.69. The van der Waals surface area contributed by atoms with Crippen molar-refractivity contribution in [1.29, 1.82) is 0 Å². The molecule has 0 bridgehead atoms. The molecular weight excluding hydrogens is 250 g/mol. The van der Waals surface area contributed by atoms with Crippen LogP contribution in [0.3, 0.4) is 0 Å². The van der Waals surface area contributed by atoms with E-state index in [0.717, 1.165) is 0 Å². The molecule has 100 valence electrons.